The van der Waals surface area contributed by atoms with Crippen molar-refractivity contribution in [1.82, 2.24) is 0 Å². The molecule has 0 aromatic heterocycles. The van der Waals surface area contributed by atoms with Crippen LogP contribution in [0.3, 0.4) is 0 Å². The van der Waals surface area contributed by atoms with E-state index in [2.05, 4.69) is 11.3 Å². The van der Waals surface area contributed by atoms with E-state index < -0.39 is 0 Å². The Hall–Kier alpha value is -0.830. The minimum atomic E-state index is 0.0717. The van der Waals surface area contributed by atoms with Gasteiger partial charge < -0.3 is 9.47 Å². The lowest BCUT2D eigenvalue weighted by molar-refractivity contribution is -0.122. The van der Waals surface area contributed by atoms with E-state index in [-0.39, 0.29) is 18.5 Å². The fourth-order valence-corrected chi connectivity index (χ4v) is 0.651. The number of Topliss-reactive ketones (excluding diaryl/α,β-unsaturated/α-hetero) is 1. The Morgan fingerprint density at radius 1 is 1.90 bits per heavy atom. The summed E-state index contributed by atoms with van der Waals surface area (Å²) in [5.74, 6) is 0.0717. The van der Waals surface area contributed by atoms with Crippen LogP contribution >= 0.6 is 0 Å². The number of hydrogen-bond acceptors (Lipinski definition) is 3. The first-order chi connectivity index (χ1) is 4.83. The van der Waals surface area contributed by atoms with Gasteiger partial charge in [-0.05, 0) is 0 Å². The minimum Gasteiger partial charge on any atom is -0.494 e. The standard InChI is InChI=1S/C7H10O3/c1-2-9-4-6(8)3-7-5-10-7/h2,7H,1,3-5H2. The van der Waals surface area contributed by atoms with Crippen LogP contribution in [0.25, 0.3) is 0 Å². The lowest BCUT2D eigenvalue weighted by atomic mass is 10.2. The molecule has 1 unspecified atom stereocenters. The van der Waals surface area contributed by atoms with Crippen LogP contribution in [0.5, 0.6) is 0 Å². The molecule has 0 saturated carbocycles. The van der Waals surface area contributed by atoms with E-state index in [1.807, 2.05) is 0 Å². The smallest absolute Gasteiger partial charge is 0.172 e. The first kappa shape index (κ1) is 7.28. The second-order valence-corrected chi connectivity index (χ2v) is 2.18. The van der Waals surface area contributed by atoms with E-state index in [1.54, 1.807) is 0 Å². The summed E-state index contributed by atoms with van der Waals surface area (Å²) >= 11 is 0. The van der Waals surface area contributed by atoms with E-state index in [0.717, 1.165) is 6.61 Å². The topological polar surface area (TPSA) is 38.8 Å². The Morgan fingerprint density at radius 3 is 3.10 bits per heavy atom. The number of carbonyl (C=O) groups excluding carboxylic acids is 1. The molecule has 1 aliphatic heterocycles. The van der Waals surface area contributed by atoms with Crippen LogP contribution in [-0.2, 0) is 14.3 Å². The summed E-state index contributed by atoms with van der Waals surface area (Å²) in [4.78, 5) is 10.8. The molecule has 1 atom stereocenters. The Morgan fingerprint density at radius 2 is 2.60 bits per heavy atom. The highest BCUT2D eigenvalue weighted by Gasteiger charge is 2.25. The van der Waals surface area contributed by atoms with Gasteiger partial charge in [0.25, 0.3) is 0 Å². The van der Waals surface area contributed by atoms with Crippen molar-refractivity contribution in [3.8, 4) is 0 Å². The van der Waals surface area contributed by atoms with Gasteiger partial charge in [0.15, 0.2) is 5.78 Å². The summed E-state index contributed by atoms with van der Waals surface area (Å²) < 4.78 is 9.54. The van der Waals surface area contributed by atoms with Gasteiger partial charge in [-0.1, -0.05) is 6.58 Å². The van der Waals surface area contributed by atoms with Crippen LogP contribution in [0, 0.1) is 0 Å². The van der Waals surface area contributed by atoms with Crippen LogP contribution in [-0.4, -0.2) is 25.1 Å². The SMILES string of the molecule is C=COCC(=O)CC1CO1. The third-order valence-corrected chi connectivity index (χ3v) is 1.22. The Kier molecular flexibility index (Phi) is 2.45. The molecule has 0 radical (unpaired) electrons. The van der Waals surface area contributed by atoms with E-state index in [1.165, 1.54) is 6.26 Å². The van der Waals surface area contributed by atoms with Crippen LogP contribution < -0.4 is 0 Å². The van der Waals surface area contributed by atoms with Gasteiger partial charge in [-0.15, -0.1) is 0 Å². The van der Waals surface area contributed by atoms with Crippen molar-refractivity contribution in [2.24, 2.45) is 0 Å². The fourth-order valence-electron chi connectivity index (χ4n) is 0.651. The summed E-state index contributed by atoms with van der Waals surface area (Å²) in [7, 11) is 0. The molecule has 1 aliphatic rings. The highest BCUT2D eigenvalue weighted by Crippen LogP contribution is 2.13. The maximum atomic E-state index is 10.8. The van der Waals surface area contributed by atoms with Gasteiger partial charge >= 0.3 is 0 Å². The van der Waals surface area contributed by atoms with Gasteiger partial charge in [0.05, 0.1) is 19.0 Å². The van der Waals surface area contributed by atoms with Gasteiger partial charge in [-0.2, -0.15) is 0 Å². The van der Waals surface area contributed by atoms with Gasteiger partial charge in [0.1, 0.15) is 6.61 Å². The van der Waals surface area contributed by atoms with Crippen LogP contribution in [0.4, 0.5) is 0 Å². The maximum Gasteiger partial charge on any atom is 0.172 e. The molecule has 0 aliphatic carbocycles. The summed E-state index contributed by atoms with van der Waals surface area (Å²) in [6, 6.07) is 0. The third kappa shape index (κ3) is 2.64. The van der Waals surface area contributed by atoms with E-state index in [0.29, 0.717) is 6.42 Å². The van der Waals surface area contributed by atoms with Gasteiger partial charge in [0.2, 0.25) is 0 Å². The average Bonchev–Trinajstić information content (AvgIpc) is 2.67. The molecule has 1 rings (SSSR count). The molecule has 0 bridgehead atoms. The lowest BCUT2D eigenvalue weighted by Crippen LogP contribution is -2.08. The van der Waals surface area contributed by atoms with Gasteiger partial charge in [0, 0.05) is 6.42 Å². The predicted molar refractivity (Wildman–Crippen MR) is 35.5 cm³/mol. The first-order valence-electron chi connectivity index (χ1n) is 3.18. The van der Waals surface area contributed by atoms with Crippen LogP contribution in [0.2, 0.25) is 0 Å². The number of ether oxygens (including phenoxy) is 2. The molecule has 3 nitrogen and oxygen atoms in total. The van der Waals surface area contributed by atoms with E-state index in [9.17, 15) is 4.79 Å². The van der Waals surface area contributed by atoms with Crippen molar-refractivity contribution in [2.75, 3.05) is 13.2 Å². The molecule has 56 valence electrons. The zero-order valence-electron chi connectivity index (χ0n) is 5.71. The molecule has 0 aromatic rings. The predicted octanol–water partition coefficient (Wildman–Crippen LogP) is 0.504. The fraction of sp³-hybridized carbons (Fsp3) is 0.571. The molecule has 3 heteroatoms. The van der Waals surface area contributed by atoms with Gasteiger partial charge in [-0.3, -0.25) is 4.79 Å². The van der Waals surface area contributed by atoms with Crippen molar-refractivity contribution < 1.29 is 14.3 Å². The number of rotatable bonds is 5. The normalized spacial score (nSPS) is 21.8. The summed E-state index contributed by atoms with van der Waals surface area (Å²) in [5, 5.41) is 0. The van der Waals surface area contributed by atoms with Crippen molar-refractivity contribution in [1.29, 1.82) is 0 Å². The Balaban J connectivity index is 2.02. The molecule has 10 heavy (non-hydrogen) atoms. The number of ketones is 1. The summed E-state index contributed by atoms with van der Waals surface area (Å²) in [6.45, 7) is 4.17. The van der Waals surface area contributed by atoms with E-state index in [4.69, 9.17) is 4.74 Å². The van der Waals surface area contributed by atoms with Crippen molar-refractivity contribution in [3.05, 3.63) is 12.8 Å². The molecule has 0 spiro atoms. The average molecular weight is 142 g/mol. The molecule has 1 fully saturated rings. The quantitative estimate of drug-likeness (QED) is 0.414. The largest absolute Gasteiger partial charge is 0.494 e. The third-order valence-electron chi connectivity index (χ3n) is 1.22. The Bertz CT molecular complexity index is 138. The highest BCUT2D eigenvalue weighted by atomic mass is 16.6. The lowest BCUT2D eigenvalue weighted by Gasteiger charge is -1.95. The summed E-state index contributed by atoms with van der Waals surface area (Å²) in [6.07, 6.45) is 1.92. The Labute approximate surface area is 59.6 Å². The van der Waals surface area contributed by atoms with Crippen LogP contribution in [0.1, 0.15) is 6.42 Å². The number of epoxide rings is 1. The van der Waals surface area contributed by atoms with E-state index >= 15 is 0 Å². The minimum absolute atomic E-state index is 0.0717. The second-order valence-electron chi connectivity index (χ2n) is 2.18. The molecular formula is C7H10O3. The van der Waals surface area contributed by atoms with Gasteiger partial charge in [-0.25, -0.2) is 0 Å². The number of hydrogen-bond donors (Lipinski definition) is 0. The highest BCUT2D eigenvalue weighted by molar-refractivity contribution is 5.80. The second kappa shape index (κ2) is 3.37. The van der Waals surface area contributed by atoms with Crippen molar-refractivity contribution in [2.45, 2.75) is 12.5 Å². The number of carbonyl (C=O) groups is 1. The van der Waals surface area contributed by atoms with Crippen molar-refractivity contribution in [3.63, 3.8) is 0 Å². The van der Waals surface area contributed by atoms with Crippen LogP contribution in [0.15, 0.2) is 12.8 Å². The monoisotopic (exact) mass is 142 g/mol. The zero-order chi connectivity index (χ0) is 7.40. The molecule has 1 saturated heterocycles. The summed E-state index contributed by atoms with van der Waals surface area (Å²) in [5.41, 5.74) is 0. The zero-order valence-corrected chi connectivity index (χ0v) is 5.71. The molecular weight excluding hydrogens is 132 g/mol. The van der Waals surface area contributed by atoms with Crippen molar-refractivity contribution >= 4 is 5.78 Å². The maximum absolute atomic E-state index is 10.8. The molecule has 0 aromatic carbocycles. The molecule has 0 amide bonds. The molecule has 1 heterocycles. The first-order valence-corrected chi connectivity index (χ1v) is 3.18. The molecule has 0 N–H and O–H groups in total.